The molecule has 0 aliphatic heterocycles. The fraction of sp³-hybridized carbons (Fsp3) is 0. The Bertz CT molecular complexity index is 2880. The summed E-state index contributed by atoms with van der Waals surface area (Å²) in [7, 11) is 0. The fourth-order valence-corrected chi connectivity index (χ4v) is 8.28. The van der Waals surface area contributed by atoms with Crippen molar-refractivity contribution in [2.45, 2.75) is 0 Å². The summed E-state index contributed by atoms with van der Waals surface area (Å²) < 4.78 is 7.22. The third-order valence-electron chi connectivity index (χ3n) is 10.2. The maximum Gasteiger partial charge on any atom is 0.143 e. The topological polar surface area (TPSA) is 13.1 Å². The summed E-state index contributed by atoms with van der Waals surface area (Å²) in [6, 6.07) is 53.4. The summed E-state index contributed by atoms with van der Waals surface area (Å²) in [6.07, 6.45) is 0. The summed E-state index contributed by atoms with van der Waals surface area (Å²) in [5, 5.41) is 22.3. The molecule has 11 rings (SSSR count). The van der Waals surface area contributed by atoms with Crippen LogP contribution in [0.15, 0.2) is 150 Å². The maximum atomic E-state index is 7.22. The third-order valence-corrected chi connectivity index (χ3v) is 10.2. The first-order valence-electron chi connectivity index (χ1n) is 15.6. The summed E-state index contributed by atoms with van der Waals surface area (Å²) in [5.41, 5.74) is 1.92. The Morgan fingerprint density at radius 3 is 1.04 bits per heavy atom. The second kappa shape index (κ2) is 8.37. The van der Waals surface area contributed by atoms with Gasteiger partial charge in [-0.2, -0.15) is 0 Å². The molecule has 1 aromatic heterocycles. The van der Waals surface area contributed by atoms with E-state index >= 15 is 0 Å². The molecule has 10 aromatic carbocycles. The zero-order valence-corrected chi connectivity index (χ0v) is 24.3. The van der Waals surface area contributed by atoms with Crippen LogP contribution in [-0.4, -0.2) is 0 Å². The Labute approximate surface area is 257 Å². The number of hydrogen-bond acceptors (Lipinski definition) is 1. The first-order valence-corrected chi connectivity index (χ1v) is 15.6. The van der Waals surface area contributed by atoms with E-state index in [1.54, 1.807) is 0 Å². The zero-order chi connectivity index (χ0) is 29.2. The smallest absolute Gasteiger partial charge is 0.143 e. The molecular weight excluding hydrogens is 544 g/mol. The Hall–Kier alpha value is -5.92. The van der Waals surface area contributed by atoms with Crippen molar-refractivity contribution in [3.8, 4) is 0 Å². The van der Waals surface area contributed by atoms with Crippen molar-refractivity contribution in [3.05, 3.63) is 146 Å². The Morgan fingerprint density at radius 1 is 0.222 bits per heavy atom. The minimum atomic E-state index is 0.962. The van der Waals surface area contributed by atoms with E-state index in [9.17, 15) is 0 Å². The van der Waals surface area contributed by atoms with Crippen molar-refractivity contribution in [2.24, 2.45) is 0 Å². The molecule has 0 spiro atoms. The van der Waals surface area contributed by atoms with Crippen molar-refractivity contribution < 1.29 is 4.42 Å². The van der Waals surface area contributed by atoms with Crippen molar-refractivity contribution in [1.29, 1.82) is 0 Å². The molecule has 0 aliphatic rings. The van der Waals surface area contributed by atoms with Crippen LogP contribution in [0.4, 0.5) is 0 Å². The van der Waals surface area contributed by atoms with Gasteiger partial charge in [-0.1, -0.05) is 146 Å². The molecule has 11 aromatic rings. The fourth-order valence-electron chi connectivity index (χ4n) is 8.28. The molecule has 1 nitrogen and oxygen atoms in total. The van der Waals surface area contributed by atoms with E-state index < -0.39 is 0 Å². The Morgan fingerprint density at radius 2 is 0.578 bits per heavy atom. The van der Waals surface area contributed by atoms with Gasteiger partial charge in [-0.3, -0.25) is 0 Å². The Kier molecular flexibility index (Phi) is 4.38. The molecule has 45 heavy (non-hydrogen) atoms. The summed E-state index contributed by atoms with van der Waals surface area (Å²) in [5.74, 6) is 0. The molecule has 0 amide bonds. The lowest BCUT2D eigenvalue weighted by Crippen LogP contribution is -1.87. The van der Waals surface area contributed by atoms with Gasteiger partial charge in [0.2, 0.25) is 0 Å². The van der Waals surface area contributed by atoms with Gasteiger partial charge in [0.05, 0.1) is 0 Å². The molecule has 0 aliphatic carbocycles. The van der Waals surface area contributed by atoms with E-state index in [4.69, 9.17) is 4.42 Å². The van der Waals surface area contributed by atoms with Crippen LogP contribution in [-0.2, 0) is 0 Å². The van der Waals surface area contributed by atoms with Gasteiger partial charge in [0.1, 0.15) is 11.2 Å². The van der Waals surface area contributed by atoms with Crippen LogP contribution in [0.1, 0.15) is 0 Å². The molecular formula is C44H24O. The van der Waals surface area contributed by atoms with Gasteiger partial charge in [-0.15, -0.1) is 0 Å². The van der Waals surface area contributed by atoms with Gasteiger partial charge < -0.3 is 4.42 Å². The number of hydrogen-bond donors (Lipinski definition) is 0. The molecule has 1 heterocycles. The van der Waals surface area contributed by atoms with Gasteiger partial charge in [-0.05, 0) is 64.6 Å². The standard InChI is InChI=1S/C44H24O/c1-3-11-29-25(9-1)17-19-27-21-23-33-31-13-5-7-15-35(31)43-41(39(33)37(27)29)42-40-34(32-14-6-8-16-36(32)44(42)45-43)24-22-28-20-18-26-10-2-4-12-30(26)38(28)40/h1-24H. The van der Waals surface area contributed by atoms with Crippen LogP contribution in [0.25, 0.3) is 108 Å². The molecule has 0 saturated heterocycles. The van der Waals surface area contributed by atoms with E-state index in [2.05, 4.69) is 146 Å². The van der Waals surface area contributed by atoms with E-state index in [-0.39, 0.29) is 0 Å². The van der Waals surface area contributed by atoms with Crippen molar-refractivity contribution >= 4 is 108 Å². The minimum absolute atomic E-state index is 0.962. The highest BCUT2D eigenvalue weighted by Crippen LogP contribution is 2.50. The van der Waals surface area contributed by atoms with Gasteiger partial charge in [0.25, 0.3) is 0 Å². The summed E-state index contributed by atoms with van der Waals surface area (Å²) in [6.45, 7) is 0. The van der Waals surface area contributed by atoms with Crippen LogP contribution in [0.3, 0.4) is 0 Å². The van der Waals surface area contributed by atoms with Crippen LogP contribution >= 0.6 is 0 Å². The summed E-state index contributed by atoms with van der Waals surface area (Å²) >= 11 is 0. The van der Waals surface area contributed by atoms with Crippen molar-refractivity contribution in [1.82, 2.24) is 0 Å². The van der Waals surface area contributed by atoms with Crippen LogP contribution in [0.2, 0.25) is 0 Å². The zero-order valence-electron chi connectivity index (χ0n) is 24.3. The number of fused-ring (bicyclic) bond motifs is 21. The number of furan rings is 1. The molecule has 0 radical (unpaired) electrons. The normalized spacial score (nSPS) is 12.4. The highest BCUT2D eigenvalue weighted by atomic mass is 16.3. The second-order valence-electron chi connectivity index (χ2n) is 12.3. The van der Waals surface area contributed by atoms with Gasteiger partial charge in [-0.25, -0.2) is 0 Å². The number of benzene rings is 10. The molecule has 0 unspecified atom stereocenters. The highest BCUT2D eigenvalue weighted by Gasteiger charge is 2.23. The Balaban J connectivity index is 1.58. The van der Waals surface area contributed by atoms with Crippen molar-refractivity contribution in [3.63, 3.8) is 0 Å². The van der Waals surface area contributed by atoms with E-state index in [0.717, 1.165) is 21.9 Å². The molecule has 0 atom stereocenters. The van der Waals surface area contributed by atoms with E-state index in [0.29, 0.717) is 0 Å². The largest absolute Gasteiger partial charge is 0.455 e. The third kappa shape index (κ3) is 2.93. The highest BCUT2D eigenvalue weighted by molar-refractivity contribution is 6.45. The average Bonchev–Trinajstić information content (AvgIpc) is 3.52. The van der Waals surface area contributed by atoms with Gasteiger partial charge in [0.15, 0.2) is 0 Å². The van der Waals surface area contributed by atoms with Crippen LogP contribution < -0.4 is 0 Å². The minimum Gasteiger partial charge on any atom is -0.455 e. The first-order chi connectivity index (χ1) is 22.3. The monoisotopic (exact) mass is 568 g/mol. The van der Waals surface area contributed by atoms with E-state index in [1.807, 2.05) is 0 Å². The predicted molar refractivity (Wildman–Crippen MR) is 194 cm³/mol. The lowest BCUT2D eigenvalue weighted by atomic mass is 9.87. The lowest BCUT2D eigenvalue weighted by Gasteiger charge is -2.14. The quantitative estimate of drug-likeness (QED) is 0.166. The summed E-state index contributed by atoms with van der Waals surface area (Å²) in [4.78, 5) is 0. The maximum absolute atomic E-state index is 7.22. The molecule has 0 saturated carbocycles. The van der Waals surface area contributed by atoms with Crippen molar-refractivity contribution in [2.75, 3.05) is 0 Å². The number of rotatable bonds is 0. The molecule has 206 valence electrons. The first kappa shape index (κ1) is 23.5. The molecule has 0 fully saturated rings. The van der Waals surface area contributed by atoms with Crippen LogP contribution in [0, 0.1) is 0 Å². The molecule has 0 N–H and O–H groups in total. The SMILES string of the molecule is c1ccc2c(c1)ccc1ccc3c4ccccc4c4oc5c6ccccc6c6ccc7ccc8ccccc8c7c6c5c4c3c12. The van der Waals surface area contributed by atoms with E-state index in [1.165, 1.54) is 86.2 Å². The van der Waals surface area contributed by atoms with Crippen LogP contribution in [0.5, 0.6) is 0 Å². The molecule has 0 bridgehead atoms. The lowest BCUT2D eigenvalue weighted by molar-refractivity contribution is 0.677. The van der Waals surface area contributed by atoms with Gasteiger partial charge in [0, 0.05) is 32.3 Å². The van der Waals surface area contributed by atoms with Gasteiger partial charge >= 0.3 is 0 Å². The molecule has 1 heteroatoms. The second-order valence-corrected chi connectivity index (χ2v) is 12.3. The average molecular weight is 569 g/mol. The predicted octanol–water partition coefficient (Wildman–Crippen LogP) is 12.8.